The summed E-state index contributed by atoms with van der Waals surface area (Å²) in [5.41, 5.74) is 1.14. The van der Waals surface area contributed by atoms with E-state index < -0.39 is 53.1 Å². The number of aryl methyl sites for hydroxylation is 1. The van der Waals surface area contributed by atoms with Crippen molar-refractivity contribution in [2.45, 2.75) is 174 Å². The van der Waals surface area contributed by atoms with Crippen LogP contribution in [-0.4, -0.2) is 113 Å². The molecular formula is C56H82N2O10. The number of ketones is 3. The van der Waals surface area contributed by atoms with Crippen molar-refractivity contribution in [1.82, 2.24) is 9.47 Å². The number of carbonyl (C=O) groups excluding carboxylic acids is 4. The van der Waals surface area contributed by atoms with E-state index in [-0.39, 0.29) is 79.5 Å². The number of Topliss-reactive ketones (excluding diaryl/α,β-unsaturated/α-hetero) is 3. The molecule has 4 aliphatic rings. The molecule has 2 aromatic rings. The Morgan fingerprint density at radius 1 is 0.882 bits per heavy atom. The first-order valence-corrected chi connectivity index (χ1v) is 25.6. The zero-order chi connectivity index (χ0) is 49.4. The van der Waals surface area contributed by atoms with Crippen LogP contribution in [0.25, 0.3) is 10.9 Å². The second kappa shape index (κ2) is 23.8. The molecule has 2 aliphatic carbocycles. The van der Waals surface area contributed by atoms with Gasteiger partial charge in [0, 0.05) is 76.2 Å². The lowest BCUT2D eigenvalue weighted by molar-refractivity contribution is -0.176. The molecule has 2 N–H and O–H groups in total. The van der Waals surface area contributed by atoms with Crippen molar-refractivity contribution < 1.29 is 48.3 Å². The predicted octanol–water partition coefficient (Wildman–Crippen LogP) is 9.03. The molecule has 376 valence electrons. The van der Waals surface area contributed by atoms with Crippen molar-refractivity contribution in [2.75, 3.05) is 27.9 Å². The predicted molar refractivity (Wildman–Crippen MR) is 265 cm³/mol. The molecule has 14 unspecified atom stereocenters. The Labute approximate surface area is 405 Å². The lowest BCUT2D eigenvalue weighted by Gasteiger charge is -2.47. The number of carbonyl (C=O) groups is 4. The first-order valence-electron chi connectivity index (χ1n) is 25.6. The quantitative estimate of drug-likeness (QED) is 0.174. The smallest absolute Gasteiger partial charge is 0.293 e. The largest absolute Gasteiger partial charge is 0.488 e. The van der Waals surface area contributed by atoms with E-state index in [2.05, 4.69) is 55.5 Å². The minimum absolute atomic E-state index is 0.00650. The second-order valence-corrected chi connectivity index (χ2v) is 21.1. The zero-order valence-electron chi connectivity index (χ0n) is 42.5. The van der Waals surface area contributed by atoms with Crippen LogP contribution in [-0.2, 0) is 39.9 Å². The number of amides is 1. The molecule has 1 saturated heterocycles. The van der Waals surface area contributed by atoms with E-state index in [1.165, 1.54) is 4.90 Å². The Kier molecular flexibility index (Phi) is 18.7. The monoisotopic (exact) mass is 943 g/mol. The minimum Gasteiger partial charge on any atom is -0.488 e. The van der Waals surface area contributed by atoms with Gasteiger partial charge in [0.2, 0.25) is 0 Å². The van der Waals surface area contributed by atoms with Gasteiger partial charge in [-0.05, 0) is 145 Å². The molecule has 68 heavy (non-hydrogen) atoms. The first-order chi connectivity index (χ1) is 32.5. The number of aliphatic hydroxyl groups is 2. The van der Waals surface area contributed by atoms with Crippen LogP contribution in [0.1, 0.15) is 125 Å². The lowest BCUT2D eigenvalue weighted by atomic mass is 9.65. The van der Waals surface area contributed by atoms with Gasteiger partial charge < -0.3 is 38.6 Å². The van der Waals surface area contributed by atoms with Gasteiger partial charge in [0.05, 0.1) is 30.5 Å². The van der Waals surface area contributed by atoms with Gasteiger partial charge in [-0.1, -0.05) is 50.1 Å². The molecule has 3 fully saturated rings. The van der Waals surface area contributed by atoms with Gasteiger partial charge in [0.15, 0.2) is 5.78 Å². The number of fused-ring (bicyclic) bond motifs is 4. The van der Waals surface area contributed by atoms with Crippen LogP contribution in [0, 0.1) is 41.4 Å². The lowest BCUT2D eigenvalue weighted by Crippen LogP contribution is -2.61. The van der Waals surface area contributed by atoms with E-state index >= 15 is 0 Å². The highest BCUT2D eigenvalue weighted by atomic mass is 16.5. The fourth-order valence-electron chi connectivity index (χ4n) is 12.3. The maximum absolute atomic E-state index is 14.8. The molecule has 2 aliphatic heterocycles. The number of rotatable bonds is 10. The van der Waals surface area contributed by atoms with Gasteiger partial charge in [-0.2, -0.15) is 0 Å². The summed E-state index contributed by atoms with van der Waals surface area (Å²) in [5, 5.41) is 25.6. The van der Waals surface area contributed by atoms with Gasteiger partial charge in [-0.25, -0.2) is 0 Å². The number of methoxy groups -OCH3 is 3. The zero-order valence-corrected chi connectivity index (χ0v) is 42.5. The third-order valence-corrected chi connectivity index (χ3v) is 16.5. The van der Waals surface area contributed by atoms with E-state index in [1.54, 1.807) is 34.3 Å². The number of piperidine rings is 1. The van der Waals surface area contributed by atoms with Gasteiger partial charge in [0.1, 0.15) is 23.2 Å². The van der Waals surface area contributed by atoms with Gasteiger partial charge >= 0.3 is 0 Å². The second-order valence-electron chi connectivity index (χ2n) is 21.1. The Morgan fingerprint density at radius 3 is 2.29 bits per heavy atom. The van der Waals surface area contributed by atoms with E-state index in [9.17, 15) is 29.4 Å². The summed E-state index contributed by atoms with van der Waals surface area (Å²) < 4.78 is 26.9. The summed E-state index contributed by atoms with van der Waals surface area (Å²) in [6.07, 6.45) is 11.9. The highest BCUT2D eigenvalue weighted by Gasteiger charge is 2.55. The molecule has 1 amide bonds. The average molecular weight is 943 g/mol. The highest BCUT2D eigenvalue weighted by Crippen LogP contribution is 2.44. The van der Waals surface area contributed by atoms with Crippen molar-refractivity contribution in [2.24, 2.45) is 41.4 Å². The number of aliphatic hydroxyl groups excluding tert-OH is 1. The molecular weight excluding hydrogens is 861 g/mol. The summed E-state index contributed by atoms with van der Waals surface area (Å²) >= 11 is 0. The number of nitrogens with zero attached hydrogens (tertiary/aromatic N) is 2. The molecule has 6 rings (SSSR count). The van der Waals surface area contributed by atoms with Crippen molar-refractivity contribution >= 4 is 34.2 Å². The number of benzene rings is 1. The van der Waals surface area contributed by atoms with Crippen LogP contribution in [0.3, 0.4) is 0 Å². The maximum atomic E-state index is 14.8. The molecule has 0 spiro atoms. The van der Waals surface area contributed by atoms with Crippen molar-refractivity contribution in [1.29, 1.82) is 0 Å². The Balaban J connectivity index is 1.31. The molecule has 2 saturated carbocycles. The van der Waals surface area contributed by atoms with Crippen molar-refractivity contribution in [3.8, 4) is 5.75 Å². The molecule has 0 radical (unpaired) electrons. The van der Waals surface area contributed by atoms with Crippen LogP contribution in [0.4, 0.5) is 0 Å². The summed E-state index contributed by atoms with van der Waals surface area (Å²) in [7, 11) is 4.97. The Hall–Kier alpha value is -3.94. The van der Waals surface area contributed by atoms with Crippen LogP contribution in [0.15, 0.2) is 66.4 Å². The summed E-state index contributed by atoms with van der Waals surface area (Å²) in [5.74, 6) is -3.42. The van der Waals surface area contributed by atoms with Gasteiger partial charge in [-0.3, -0.25) is 19.2 Å². The number of ether oxygens (including phenoxy) is 4. The van der Waals surface area contributed by atoms with Gasteiger partial charge in [-0.15, -0.1) is 6.58 Å². The third kappa shape index (κ3) is 12.1. The molecule has 12 nitrogen and oxygen atoms in total. The highest BCUT2D eigenvalue weighted by molar-refractivity contribution is 6.39. The van der Waals surface area contributed by atoms with Crippen molar-refractivity contribution in [3.05, 3.63) is 66.4 Å². The standard InChI is InChI=1S/C56H82N2O10/c1-11-15-41-25-34(3)24-35(4)26-51(65-8)44-33-56(64,37(6)28-52(44)66-9)54(62)55(63)58-22-14-13-16-46(58)49(61)31-43(38(7)47(59)32-48(41)60)36(5)27-39-17-20-50(53(29-39)67-10)68-42-18-19-45-40(30-42)21-23-57(45)12-2/h11,18-19,21,23,25,27,30,35,37-39,41,43-44,46-47,50-53,59,64H,1,12-17,20,22,24,26,28-29,31-33H2,2-10H3/b34-25+,36-27?. The van der Waals surface area contributed by atoms with E-state index in [0.29, 0.717) is 51.4 Å². The fraction of sp³-hybridized carbons (Fsp3) is 0.679. The first kappa shape index (κ1) is 53.4. The van der Waals surface area contributed by atoms with Gasteiger partial charge in [0.25, 0.3) is 11.7 Å². The molecule has 2 bridgehead atoms. The van der Waals surface area contributed by atoms with Crippen LogP contribution >= 0.6 is 0 Å². The number of allylic oxidation sites excluding steroid dienone is 5. The normalized spacial score (nSPS) is 36.4. The van der Waals surface area contributed by atoms with E-state index in [1.807, 2.05) is 32.9 Å². The molecule has 12 heteroatoms. The van der Waals surface area contributed by atoms with Crippen LogP contribution in [0.2, 0.25) is 0 Å². The molecule has 14 atom stereocenters. The van der Waals surface area contributed by atoms with E-state index in [0.717, 1.165) is 47.2 Å². The summed E-state index contributed by atoms with van der Waals surface area (Å²) in [6, 6.07) is 7.43. The Morgan fingerprint density at radius 2 is 1.60 bits per heavy atom. The van der Waals surface area contributed by atoms with Crippen molar-refractivity contribution in [3.63, 3.8) is 0 Å². The fourth-order valence-corrected chi connectivity index (χ4v) is 12.3. The summed E-state index contributed by atoms with van der Waals surface area (Å²) in [4.78, 5) is 59.5. The summed E-state index contributed by atoms with van der Waals surface area (Å²) in [6.45, 7) is 17.0. The molecule has 3 heterocycles. The molecule has 1 aromatic heterocycles. The number of hydrogen-bond donors (Lipinski definition) is 2. The topological polar surface area (TPSA) is 154 Å². The third-order valence-electron chi connectivity index (χ3n) is 16.5. The van der Waals surface area contributed by atoms with E-state index in [4.69, 9.17) is 18.9 Å². The SMILES string of the molecule is C=CCC1/C=C(\C)CC(C)CC(OC)C2CC(O)(C(=O)C(=O)N3CCCCC3C(=O)CC(C(C)=CC3CCC(Oc4ccc5c(ccn5CC)c4)C(OC)C3)C(C)C(O)CC1=O)C(C)CC2OC. The number of hydrogen-bond acceptors (Lipinski definition) is 10. The maximum Gasteiger partial charge on any atom is 0.293 e. The average Bonchev–Trinajstić information content (AvgIpc) is 3.74. The van der Waals surface area contributed by atoms with Crippen LogP contribution < -0.4 is 4.74 Å². The van der Waals surface area contributed by atoms with Crippen LogP contribution in [0.5, 0.6) is 5.75 Å². The number of aromatic nitrogens is 1. The molecule has 1 aromatic carbocycles. The minimum atomic E-state index is -1.98. The Bertz CT molecular complexity index is 2140.